The van der Waals surface area contributed by atoms with Gasteiger partial charge in [0.15, 0.2) is 0 Å². The summed E-state index contributed by atoms with van der Waals surface area (Å²) < 4.78 is 25.3. The zero-order valence-electron chi connectivity index (χ0n) is 19.6. The van der Waals surface area contributed by atoms with Gasteiger partial charge in [-0.25, -0.2) is 9.38 Å². The average molecular weight is 470 g/mol. The van der Waals surface area contributed by atoms with Crippen LogP contribution < -0.4 is 10.6 Å². The topological polar surface area (TPSA) is 87.6 Å². The minimum absolute atomic E-state index is 0.0388. The van der Waals surface area contributed by atoms with Gasteiger partial charge in [0.05, 0.1) is 30.4 Å². The Morgan fingerprint density at radius 3 is 2.91 bits per heavy atom. The minimum atomic E-state index is -0.275. The molecule has 1 spiro atoms. The van der Waals surface area contributed by atoms with E-state index in [1.54, 1.807) is 24.5 Å². The Bertz CT molecular complexity index is 989. The number of carbonyl (C=O) groups excluding carboxylic acids is 1. The Kier molecular flexibility index (Phi) is 6.50. The van der Waals surface area contributed by atoms with Crippen LogP contribution in [0.4, 0.5) is 10.1 Å². The third-order valence-electron chi connectivity index (χ3n) is 7.19. The van der Waals surface area contributed by atoms with E-state index in [2.05, 4.69) is 15.6 Å². The number of hydrogen-bond donors (Lipinski definition) is 2. The lowest BCUT2D eigenvalue weighted by Gasteiger charge is -2.36. The number of amidine groups is 1. The van der Waals surface area contributed by atoms with Crippen LogP contribution in [0.3, 0.4) is 0 Å². The number of benzene rings is 1. The molecule has 1 amide bonds. The van der Waals surface area contributed by atoms with Crippen molar-refractivity contribution < 1.29 is 18.7 Å². The maximum atomic E-state index is 13.3. The molecule has 3 fully saturated rings. The number of amides is 1. The van der Waals surface area contributed by atoms with Crippen LogP contribution in [-0.2, 0) is 14.3 Å². The quantitative estimate of drug-likeness (QED) is 0.598. The first-order valence-corrected chi connectivity index (χ1v) is 11.9. The van der Waals surface area contributed by atoms with Crippen LogP contribution in [0.2, 0.25) is 0 Å². The van der Waals surface area contributed by atoms with Gasteiger partial charge in [0.1, 0.15) is 18.0 Å². The predicted octanol–water partition coefficient (Wildman–Crippen LogP) is 2.23. The molecular weight excluding hydrogens is 437 g/mol. The van der Waals surface area contributed by atoms with Crippen LogP contribution in [0.15, 0.2) is 46.4 Å². The van der Waals surface area contributed by atoms with E-state index in [4.69, 9.17) is 14.5 Å². The molecule has 1 aromatic carbocycles. The van der Waals surface area contributed by atoms with Crippen molar-refractivity contribution in [3.05, 3.63) is 42.2 Å². The molecule has 1 aromatic rings. The fraction of sp³-hybridized carbons (Fsp3) is 0.560. The summed E-state index contributed by atoms with van der Waals surface area (Å²) in [5.41, 5.74) is 0.525. The van der Waals surface area contributed by atoms with Crippen molar-refractivity contribution in [2.24, 2.45) is 21.8 Å². The Hall–Kier alpha value is -2.62. The second kappa shape index (κ2) is 9.56. The number of carbonyl (C=O) groups is 1. The van der Waals surface area contributed by atoms with Gasteiger partial charge in [0.2, 0.25) is 5.91 Å². The number of nitrogens with one attached hydrogen (secondary N) is 2. The van der Waals surface area contributed by atoms with Gasteiger partial charge in [-0.15, -0.1) is 0 Å². The molecular formula is C25H32FN5O3. The van der Waals surface area contributed by atoms with Gasteiger partial charge in [-0.05, 0) is 57.1 Å². The maximum Gasteiger partial charge on any atom is 0.244 e. The molecule has 182 valence electrons. The Balaban J connectivity index is 1.30. The van der Waals surface area contributed by atoms with E-state index in [1.807, 2.05) is 25.1 Å². The first kappa shape index (κ1) is 23.1. The van der Waals surface area contributed by atoms with Crippen molar-refractivity contribution in [2.75, 3.05) is 39.2 Å². The minimum Gasteiger partial charge on any atom is -0.379 e. The lowest BCUT2D eigenvalue weighted by atomic mass is 9.88. The molecule has 5 rings (SSSR count). The van der Waals surface area contributed by atoms with E-state index in [0.717, 1.165) is 24.4 Å². The summed E-state index contributed by atoms with van der Waals surface area (Å²) >= 11 is 0. The average Bonchev–Trinajstić information content (AvgIpc) is 3.16. The van der Waals surface area contributed by atoms with Gasteiger partial charge >= 0.3 is 0 Å². The van der Waals surface area contributed by atoms with E-state index in [-0.39, 0.29) is 47.3 Å². The van der Waals surface area contributed by atoms with Crippen molar-refractivity contribution in [1.82, 2.24) is 10.2 Å². The summed E-state index contributed by atoms with van der Waals surface area (Å²) in [5, 5.41) is 6.55. The number of hydrogen-bond acceptors (Lipinski definition) is 7. The molecule has 6 atom stereocenters. The number of nitrogens with zero attached hydrogens (tertiary/aromatic N) is 3. The molecule has 9 heteroatoms. The highest BCUT2D eigenvalue weighted by Crippen LogP contribution is 2.63. The second-order valence-electron chi connectivity index (χ2n) is 9.85. The van der Waals surface area contributed by atoms with Crippen molar-refractivity contribution in [3.8, 4) is 0 Å². The van der Waals surface area contributed by atoms with Crippen LogP contribution in [-0.4, -0.2) is 80.6 Å². The van der Waals surface area contributed by atoms with Gasteiger partial charge in [-0.1, -0.05) is 6.08 Å². The lowest BCUT2D eigenvalue weighted by Crippen LogP contribution is -2.50. The van der Waals surface area contributed by atoms with Gasteiger partial charge < -0.3 is 25.0 Å². The standard InChI is InChI=1S/C25H32FN5O3/c1-31(2)10-3-4-22(32)30-20-12-19-23-24(29-17-7-5-16(26)6-8-17)27-15-28-25(19,23)13-21(20)34-18-9-11-33-14-18/h3-8,15,18-21,23H,9-14H2,1-2H3,(H,30,32)(H,27,28,29)/b4-3+/t18-,19?,20?,21?,23-,25?/m0/s1. The van der Waals surface area contributed by atoms with Crippen LogP contribution in [0.5, 0.6) is 0 Å². The number of rotatable bonds is 7. The molecule has 2 aliphatic carbocycles. The molecule has 2 aliphatic heterocycles. The normalized spacial score (nSPS) is 34.0. The molecule has 1 saturated heterocycles. The van der Waals surface area contributed by atoms with E-state index in [1.165, 1.54) is 12.1 Å². The van der Waals surface area contributed by atoms with Gasteiger partial charge in [0.25, 0.3) is 0 Å². The first-order chi connectivity index (χ1) is 16.4. The predicted molar refractivity (Wildman–Crippen MR) is 129 cm³/mol. The highest BCUT2D eigenvalue weighted by Gasteiger charge is 2.71. The zero-order chi connectivity index (χ0) is 23.7. The lowest BCUT2D eigenvalue weighted by molar-refractivity contribution is -0.120. The highest BCUT2D eigenvalue weighted by atomic mass is 19.1. The number of anilines is 1. The number of halogens is 1. The zero-order valence-corrected chi connectivity index (χ0v) is 19.6. The molecule has 0 bridgehead atoms. The van der Waals surface area contributed by atoms with Crippen LogP contribution in [0.25, 0.3) is 0 Å². The van der Waals surface area contributed by atoms with Gasteiger partial charge in [-0.3, -0.25) is 9.79 Å². The maximum absolute atomic E-state index is 13.3. The molecule has 4 unspecified atom stereocenters. The summed E-state index contributed by atoms with van der Waals surface area (Å²) in [5.74, 6) is 0.841. The van der Waals surface area contributed by atoms with Crippen molar-refractivity contribution in [2.45, 2.75) is 43.1 Å². The fourth-order valence-electron chi connectivity index (χ4n) is 5.50. The van der Waals surface area contributed by atoms with E-state index >= 15 is 0 Å². The van der Waals surface area contributed by atoms with Crippen LogP contribution in [0, 0.1) is 17.7 Å². The largest absolute Gasteiger partial charge is 0.379 e. The summed E-state index contributed by atoms with van der Waals surface area (Å²) in [4.78, 5) is 24.0. The van der Waals surface area contributed by atoms with E-state index < -0.39 is 0 Å². The van der Waals surface area contributed by atoms with Crippen molar-refractivity contribution in [1.29, 1.82) is 0 Å². The summed E-state index contributed by atoms with van der Waals surface area (Å²) in [6, 6.07) is 6.16. The van der Waals surface area contributed by atoms with Gasteiger partial charge in [-0.2, -0.15) is 0 Å². The third kappa shape index (κ3) is 4.78. The third-order valence-corrected chi connectivity index (χ3v) is 7.19. The number of ether oxygens (including phenoxy) is 2. The summed E-state index contributed by atoms with van der Waals surface area (Å²) in [6.07, 6.45) is 7.31. The Labute approximate surface area is 199 Å². The fourth-order valence-corrected chi connectivity index (χ4v) is 5.50. The summed E-state index contributed by atoms with van der Waals surface area (Å²) in [6.45, 7) is 1.99. The second-order valence-corrected chi connectivity index (χ2v) is 9.85. The molecule has 0 radical (unpaired) electrons. The highest BCUT2D eigenvalue weighted by molar-refractivity contribution is 6.05. The molecule has 2 heterocycles. The Morgan fingerprint density at radius 1 is 1.35 bits per heavy atom. The SMILES string of the molecule is CN(C)C/C=C/C(=O)NC1CC2[C@H]3C(Nc4ccc(F)cc4)=NC=NC23CC1O[C@H]1CCOC1. The molecule has 0 aromatic heterocycles. The van der Waals surface area contributed by atoms with Crippen molar-refractivity contribution >= 4 is 23.8 Å². The van der Waals surface area contributed by atoms with E-state index in [0.29, 0.717) is 26.2 Å². The molecule has 2 saturated carbocycles. The van der Waals surface area contributed by atoms with E-state index in [9.17, 15) is 9.18 Å². The Morgan fingerprint density at radius 2 is 2.18 bits per heavy atom. The van der Waals surface area contributed by atoms with Crippen LogP contribution in [0.1, 0.15) is 19.3 Å². The molecule has 34 heavy (non-hydrogen) atoms. The molecule has 8 nitrogen and oxygen atoms in total. The molecule has 4 aliphatic rings. The van der Waals surface area contributed by atoms with Gasteiger partial charge in [0, 0.05) is 37.3 Å². The monoisotopic (exact) mass is 469 g/mol. The smallest absolute Gasteiger partial charge is 0.244 e. The number of aliphatic imine (C=N–C) groups is 2. The van der Waals surface area contributed by atoms with Crippen LogP contribution >= 0.6 is 0 Å². The first-order valence-electron chi connectivity index (χ1n) is 11.9. The number of likely N-dealkylation sites (N-methyl/N-ethyl adjacent to an activating group) is 1. The number of fused-ring (bicyclic) bond motifs is 1. The van der Waals surface area contributed by atoms with Crippen molar-refractivity contribution in [3.63, 3.8) is 0 Å². The molecule has 2 N–H and O–H groups in total. The summed E-state index contributed by atoms with van der Waals surface area (Å²) in [7, 11) is 3.93.